The van der Waals surface area contributed by atoms with Gasteiger partial charge in [-0.2, -0.15) is 5.10 Å². The predicted molar refractivity (Wildman–Crippen MR) is 95.9 cm³/mol. The first kappa shape index (κ1) is 17.7. The molecule has 0 radical (unpaired) electrons. The van der Waals surface area contributed by atoms with Crippen LogP contribution in [-0.4, -0.2) is 58.3 Å². The standard InChI is InChI=1S/C19H21FN4O3/c1-2-23-10-14(9-21-23)18(26)22-7-6-19(12-22)13-24(17(25)11-27-19)16-5-3-4-15(20)8-16/h3-5,8-10H,2,6-7,11-13H2,1H3. The minimum absolute atomic E-state index is 0.0771. The van der Waals surface area contributed by atoms with E-state index in [-0.39, 0.29) is 18.4 Å². The summed E-state index contributed by atoms with van der Waals surface area (Å²) in [7, 11) is 0. The van der Waals surface area contributed by atoms with E-state index < -0.39 is 11.4 Å². The molecule has 2 fully saturated rings. The average Bonchev–Trinajstić information content (AvgIpc) is 3.31. The number of benzene rings is 1. The number of anilines is 1. The third kappa shape index (κ3) is 3.32. The Labute approximate surface area is 156 Å². The molecule has 2 saturated heterocycles. The van der Waals surface area contributed by atoms with Crippen molar-refractivity contribution < 1.29 is 18.7 Å². The Hall–Kier alpha value is -2.74. The lowest BCUT2D eigenvalue weighted by atomic mass is 10.00. The number of hydrogen-bond acceptors (Lipinski definition) is 4. The van der Waals surface area contributed by atoms with Crippen molar-refractivity contribution in [1.82, 2.24) is 14.7 Å². The van der Waals surface area contributed by atoms with E-state index >= 15 is 0 Å². The number of likely N-dealkylation sites (tertiary alicyclic amines) is 1. The van der Waals surface area contributed by atoms with Gasteiger partial charge < -0.3 is 14.5 Å². The molecule has 3 heterocycles. The maximum Gasteiger partial charge on any atom is 0.257 e. The van der Waals surface area contributed by atoms with Crippen LogP contribution in [0, 0.1) is 5.82 Å². The van der Waals surface area contributed by atoms with Crippen LogP contribution < -0.4 is 4.90 Å². The molecule has 2 amide bonds. The van der Waals surface area contributed by atoms with Gasteiger partial charge in [-0.3, -0.25) is 14.3 Å². The van der Waals surface area contributed by atoms with Crippen LogP contribution in [0.2, 0.25) is 0 Å². The summed E-state index contributed by atoms with van der Waals surface area (Å²) < 4.78 is 21.1. The minimum atomic E-state index is -0.628. The van der Waals surface area contributed by atoms with Crippen LogP contribution in [0.15, 0.2) is 36.7 Å². The Morgan fingerprint density at radius 1 is 1.37 bits per heavy atom. The smallest absolute Gasteiger partial charge is 0.257 e. The van der Waals surface area contributed by atoms with Gasteiger partial charge in [0.15, 0.2) is 0 Å². The third-order valence-corrected chi connectivity index (χ3v) is 5.18. The maximum absolute atomic E-state index is 13.6. The highest BCUT2D eigenvalue weighted by atomic mass is 19.1. The molecule has 1 aromatic carbocycles. The molecule has 2 aliphatic heterocycles. The third-order valence-electron chi connectivity index (χ3n) is 5.18. The fraction of sp³-hybridized carbons (Fsp3) is 0.421. The predicted octanol–water partition coefficient (Wildman–Crippen LogP) is 1.69. The number of hydrogen-bond donors (Lipinski definition) is 0. The molecule has 1 unspecified atom stereocenters. The number of nitrogens with zero attached hydrogens (tertiary/aromatic N) is 4. The summed E-state index contributed by atoms with van der Waals surface area (Å²) in [6.45, 7) is 3.81. The number of carbonyl (C=O) groups is 2. The van der Waals surface area contributed by atoms with Gasteiger partial charge in [0, 0.05) is 25.0 Å². The first-order chi connectivity index (χ1) is 13.0. The van der Waals surface area contributed by atoms with Gasteiger partial charge in [0.25, 0.3) is 11.8 Å². The van der Waals surface area contributed by atoms with Crippen molar-refractivity contribution in [2.75, 3.05) is 31.1 Å². The normalized spacial score (nSPS) is 22.7. The van der Waals surface area contributed by atoms with Gasteiger partial charge in [0.05, 0.1) is 24.8 Å². The molecule has 1 spiro atoms. The van der Waals surface area contributed by atoms with Crippen molar-refractivity contribution in [2.24, 2.45) is 0 Å². The number of ether oxygens (including phenoxy) is 1. The summed E-state index contributed by atoms with van der Waals surface area (Å²) in [6.07, 6.45) is 3.93. The van der Waals surface area contributed by atoms with Crippen molar-refractivity contribution in [3.8, 4) is 0 Å². The fourth-order valence-corrected chi connectivity index (χ4v) is 3.69. The Bertz CT molecular complexity index is 883. The molecule has 27 heavy (non-hydrogen) atoms. The van der Waals surface area contributed by atoms with Gasteiger partial charge in [0.2, 0.25) is 0 Å². The van der Waals surface area contributed by atoms with Gasteiger partial charge >= 0.3 is 0 Å². The van der Waals surface area contributed by atoms with Gasteiger partial charge in [0.1, 0.15) is 18.0 Å². The van der Waals surface area contributed by atoms with E-state index in [1.54, 1.807) is 39.0 Å². The van der Waals surface area contributed by atoms with Crippen LogP contribution in [0.25, 0.3) is 0 Å². The quantitative estimate of drug-likeness (QED) is 0.822. The van der Waals surface area contributed by atoms with E-state index in [0.29, 0.717) is 43.9 Å². The van der Waals surface area contributed by atoms with E-state index in [9.17, 15) is 14.0 Å². The number of halogens is 1. The van der Waals surface area contributed by atoms with E-state index in [4.69, 9.17) is 4.74 Å². The summed E-state index contributed by atoms with van der Waals surface area (Å²) in [6, 6.07) is 5.97. The van der Waals surface area contributed by atoms with Crippen LogP contribution in [0.3, 0.4) is 0 Å². The lowest BCUT2D eigenvalue weighted by molar-refractivity contribution is -0.137. The zero-order valence-corrected chi connectivity index (χ0v) is 15.1. The molecule has 8 heteroatoms. The van der Waals surface area contributed by atoms with E-state index in [2.05, 4.69) is 5.10 Å². The van der Waals surface area contributed by atoms with Crippen LogP contribution >= 0.6 is 0 Å². The molecule has 4 rings (SSSR count). The van der Waals surface area contributed by atoms with Crippen LogP contribution in [0.4, 0.5) is 10.1 Å². The summed E-state index contributed by atoms with van der Waals surface area (Å²) in [4.78, 5) is 28.3. The van der Waals surface area contributed by atoms with Gasteiger partial charge in [-0.1, -0.05) is 6.07 Å². The first-order valence-corrected chi connectivity index (χ1v) is 9.01. The van der Waals surface area contributed by atoms with Gasteiger partial charge in [-0.15, -0.1) is 0 Å². The number of morpholine rings is 1. The Morgan fingerprint density at radius 3 is 2.96 bits per heavy atom. The second kappa shape index (κ2) is 6.77. The first-order valence-electron chi connectivity index (χ1n) is 9.01. The van der Waals surface area contributed by atoms with Gasteiger partial charge in [-0.05, 0) is 31.5 Å². The average molecular weight is 372 g/mol. The molecule has 0 saturated carbocycles. The van der Waals surface area contributed by atoms with Crippen molar-refractivity contribution in [3.63, 3.8) is 0 Å². The molecular weight excluding hydrogens is 351 g/mol. The zero-order valence-electron chi connectivity index (χ0n) is 15.1. The molecule has 0 N–H and O–H groups in total. The van der Waals surface area contributed by atoms with E-state index in [1.807, 2.05) is 6.92 Å². The summed E-state index contributed by atoms with van der Waals surface area (Å²) in [5.41, 5.74) is 0.427. The van der Waals surface area contributed by atoms with Gasteiger partial charge in [-0.25, -0.2) is 4.39 Å². The Morgan fingerprint density at radius 2 is 2.22 bits per heavy atom. The molecule has 142 valence electrons. The lowest BCUT2D eigenvalue weighted by Gasteiger charge is -2.40. The zero-order chi connectivity index (χ0) is 19.0. The SMILES string of the molecule is CCn1cc(C(=O)N2CCC3(C2)CN(c2cccc(F)c2)C(=O)CO3)cn1. The number of aromatic nitrogens is 2. The summed E-state index contributed by atoms with van der Waals surface area (Å²) in [5, 5.41) is 4.15. The van der Waals surface area contributed by atoms with Crippen molar-refractivity contribution >= 4 is 17.5 Å². The lowest BCUT2D eigenvalue weighted by Crippen LogP contribution is -2.56. The van der Waals surface area contributed by atoms with Crippen LogP contribution in [-0.2, 0) is 16.1 Å². The molecule has 0 aliphatic carbocycles. The second-order valence-electron chi connectivity index (χ2n) is 6.99. The summed E-state index contributed by atoms with van der Waals surface area (Å²) >= 11 is 0. The molecule has 2 aromatic rings. The van der Waals surface area contributed by atoms with Crippen molar-refractivity contribution in [1.29, 1.82) is 0 Å². The van der Waals surface area contributed by atoms with Crippen LogP contribution in [0.5, 0.6) is 0 Å². The number of rotatable bonds is 3. The highest BCUT2D eigenvalue weighted by Gasteiger charge is 2.46. The van der Waals surface area contributed by atoms with Crippen molar-refractivity contribution in [2.45, 2.75) is 25.5 Å². The maximum atomic E-state index is 13.6. The molecule has 2 aliphatic rings. The van der Waals surface area contributed by atoms with E-state index in [1.165, 1.54) is 12.1 Å². The number of amides is 2. The summed E-state index contributed by atoms with van der Waals surface area (Å²) in [5.74, 6) is -0.693. The molecule has 1 aromatic heterocycles. The highest BCUT2D eigenvalue weighted by molar-refractivity contribution is 5.96. The largest absolute Gasteiger partial charge is 0.361 e. The fourth-order valence-electron chi connectivity index (χ4n) is 3.69. The molecule has 1 atom stereocenters. The monoisotopic (exact) mass is 372 g/mol. The highest BCUT2D eigenvalue weighted by Crippen LogP contribution is 2.32. The topological polar surface area (TPSA) is 67.7 Å². The molecular formula is C19H21FN4O3. The Kier molecular flexibility index (Phi) is 4.43. The number of carbonyl (C=O) groups excluding carboxylic acids is 2. The second-order valence-corrected chi connectivity index (χ2v) is 6.99. The molecule has 0 bridgehead atoms. The van der Waals surface area contributed by atoms with Crippen molar-refractivity contribution in [3.05, 3.63) is 48.0 Å². The molecule has 7 nitrogen and oxygen atoms in total. The minimum Gasteiger partial charge on any atom is -0.361 e. The number of aryl methyl sites for hydroxylation is 1. The van der Waals surface area contributed by atoms with Crippen LogP contribution in [0.1, 0.15) is 23.7 Å². The van der Waals surface area contributed by atoms with E-state index in [0.717, 1.165) is 0 Å². The Balaban J connectivity index is 1.50.